The highest BCUT2D eigenvalue weighted by Crippen LogP contribution is 2.17. The fourth-order valence-corrected chi connectivity index (χ4v) is 1.91. The first kappa shape index (κ1) is 15.0. The Labute approximate surface area is 124 Å². The molecular formula is C16H19N3O2. The second kappa shape index (κ2) is 7.40. The molecule has 0 unspecified atom stereocenters. The van der Waals surface area contributed by atoms with Crippen LogP contribution in [0.2, 0.25) is 0 Å². The van der Waals surface area contributed by atoms with Crippen LogP contribution in [0.15, 0.2) is 48.8 Å². The van der Waals surface area contributed by atoms with Crippen LogP contribution in [-0.4, -0.2) is 29.4 Å². The van der Waals surface area contributed by atoms with Crippen LogP contribution in [0.3, 0.4) is 0 Å². The molecule has 2 N–H and O–H groups in total. The first-order chi connectivity index (χ1) is 10.2. The Morgan fingerprint density at radius 3 is 2.67 bits per heavy atom. The second-order valence-electron chi connectivity index (χ2n) is 4.71. The molecule has 1 aromatic carbocycles. The summed E-state index contributed by atoms with van der Waals surface area (Å²) in [6.07, 6.45) is 3.42. The number of pyridine rings is 1. The number of ether oxygens (including phenoxy) is 1. The molecule has 1 amide bonds. The van der Waals surface area contributed by atoms with Crippen LogP contribution < -0.4 is 10.5 Å². The summed E-state index contributed by atoms with van der Waals surface area (Å²) < 4.78 is 5.57. The summed E-state index contributed by atoms with van der Waals surface area (Å²) in [6.45, 7) is 0.916. The Morgan fingerprint density at radius 1 is 1.24 bits per heavy atom. The van der Waals surface area contributed by atoms with Gasteiger partial charge in [0.1, 0.15) is 5.75 Å². The van der Waals surface area contributed by atoms with Crippen molar-refractivity contribution in [3.8, 4) is 5.75 Å². The van der Waals surface area contributed by atoms with E-state index in [9.17, 15) is 4.79 Å². The lowest BCUT2D eigenvalue weighted by molar-refractivity contribution is -0.132. The average Bonchev–Trinajstić information content (AvgIpc) is 2.53. The number of benzene rings is 1. The quantitative estimate of drug-likeness (QED) is 0.875. The van der Waals surface area contributed by atoms with Gasteiger partial charge in [-0.3, -0.25) is 9.78 Å². The van der Waals surface area contributed by atoms with Crippen LogP contribution in [0.25, 0.3) is 0 Å². The van der Waals surface area contributed by atoms with Crippen molar-refractivity contribution in [1.82, 2.24) is 9.88 Å². The van der Waals surface area contributed by atoms with Crippen LogP contribution >= 0.6 is 0 Å². The summed E-state index contributed by atoms with van der Waals surface area (Å²) >= 11 is 0. The van der Waals surface area contributed by atoms with E-state index in [-0.39, 0.29) is 12.5 Å². The molecule has 5 heteroatoms. The maximum atomic E-state index is 12.1. The third-order valence-corrected chi connectivity index (χ3v) is 3.14. The van der Waals surface area contributed by atoms with Gasteiger partial charge in [-0.1, -0.05) is 18.2 Å². The summed E-state index contributed by atoms with van der Waals surface area (Å²) in [4.78, 5) is 17.7. The number of amides is 1. The van der Waals surface area contributed by atoms with E-state index >= 15 is 0 Å². The van der Waals surface area contributed by atoms with Gasteiger partial charge in [0.05, 0.1) is 0 Å². The average molecular weight is 285 g/mol. The van der Waals surface area contributed by atoms with E-state index in [2.05, 4.69) is 4.98 Å². The van der Waals surface area contributed by atoms with Crippen molar-refractivity contribution >= 4 is 5.91 Å². The molecule has 21 heavy (non-hydrogen) atoms. The number of rotatable bonds is 6. The standard InChI is InChI=1S/C16H19N3O2/c1-19(11-13-6-8-18-9-7-13)16(20)12-21-15-5-3-2-4-14(15)10-17/h2-9H,10-12,17H2,1H3. The van der Waals surface area contributed by atoms with Gasteiger partial charge in [-0.2, -0.15) is 0 Å². The van der Waals surface area contributed by atoms with E-state index < -0.39 is 0 Å². The van der Waals surface area contributed by atoms with Crippen LogP contribution in [0.5, 0.6) is 5.75 Å². The molecule has 2 aromatic rings. The van der Waals surface area contributed by atoms with E-state index in [1.165, 1.54) is 0 Å². The van der Waals surface area contributed by atoms with Gasteiger partial charge < -0.3 is 15.4 Å². The number of para-hydroxylation sites is 1. The molecule has 0 aliphatic heterocycles. The number of hydrogen-bond acceptors (Lipinski definition) is 4. The molecule has 0 atom stereocenters. The summed E-state index contributed by atoms with van der Waals surface area (Å²) in [7, 11) is 1.75. The van der Waals surface area contributed by atoms with Gasteiger partial charge in [0.2, 0.25) is 0 Å². The molecule has 1 aromatic heterocycles. The lowest BCUT2D eigenvalue weighted by Gasteiger charge is -2.18. The van der Waals surface area contributed by atoms with Crippen LogP contribution in [0.4, 0.5) is 0 Å². The summed E-state index contributed by atoms with van der Waals surface area (Å²) in [5, 5.41) is 0. The molecule has 0 aliphatic rings. The van der Waals surface area contributed by atoms with Crippen LogP contribution in [0.1, 0.15) is 11.1 Å². The predicted molar refractivity (Wildman–Crippen MR) is 80.5 cm³/mol. The van der Waals surface area contributed by atoms with Crippen molar-refractivity contribution in [3.63, 3.8) is 0 Å². The van der Waals surface area contributed by atoms with Gasteiger partial charge in [0.15, 0.2) is 6.61 Å². The van der Waals surface area contributed by atoms with Crippen molar-refractivity contribution in [3.05, 3.63) is 59.9 Å². The molecular weight excluding hydrogens is 266 g/mol. The Hall–Kier alpha value is -2.40. The summed E-state index contributed by atoms with van der Waals surface area (Å²) in [5.74, 6) is 0.573. The minimum atomic E-state index is -0.0846. The molecule has 0 saturated carbocycles. The third-order valence-electron chi connectivity index (χ3n) is 3.14. The summed E-state index contributed by atoms with van der Waals surface area (Å²) in [6, 6.07) is 11.2. The molecule has 1 heterocycles. The van der Waals surface area contributed by atoms with Crippen molar-refractivity contribution in [2.45, 2.75) is 13.1 Å². The maximum absolute atomic E-state index is 12.1. The largest absolute Gasteiger partial charge is 0.483 e. The van der Waals surface area contributed by atoms with E-state index in [4.69, 9.17) is 10.5 Å². The zero-order valence-electron chi connectivity index (χ0n) is 12.0. The van der Waals surface area contributed by atoms with Crippen molar-refractivity contribution in [2.24, 2.45) is 5.73 Å². The van der Waals surface area contributed by atoms with E-state index in [0.29, 0.717) is 18.8 Å². The van der Waals surface area contributed by atoms with Crippen molar-refractivity contribution < 1.29 is 9.53 Å². The highest BCUT2D eigenvalue weighted by atomic mass is 16.5. The number of aromatic nitrogens is 1. The highest BCUT2D eigenvalue weighted by Gasteiger charge is 2.11. The third kappa shape index (κ3) is 4.29. The van der Waals surface area contributed by atoms with Gasteiger partial charge in [-0.15, -0.1) is 0 Å². The van der Waals surface area contributed by atoms with E-state index in [1.807, 2.05) is 36.4 Å². The number of carbonyl (C=O) groups excluding carboxylic acids is 1. The monoisotopic (exact) mass is 285 g/mol. The Bertz CT molecular complexity index is 587. The normalized spacial score (nSPS) is 10.2. The molecule has 0 spiro atoms. The predicted octanol–water partition coefficient (Wildman–Crippen LogP) is 1.58. The lowest BCUT2D eigenvalue weighted by Crippen LogP contribution is -2.31. The molecule has 0 bridgehead atoms. The number of likely N-dealkylation sites (N-methyl/N-ethyl adjacent to an activating group) is 1. The van der Waals surface area contributed by atoms with Crippen molar-refractivity contribution in [2.75, 3.05) is 13.7 Å². The zero-order valence-corrected chi connectivity index (χ0v) is 12.0. The molecule has 0 radical (unpaired) electrons. The highest BCUT2D eigenvalue weighted by molar-refractivity contribution is 5.77. The van der Waals surface area contributed by atoms with E-state index in [1.54, 1.807) is 24.3 Å². The minimum absolute atomic E-state index is 0.00139. The fourth-order valence-electron chi connectivity index (χ4n) is 1.91. The van der Waals surface area contributed by atoms with Crippen LogP contribution in [-0.2, 0) is 17.9 Å². The number of hydrogen-bond donors (Lipinski definition) is 1. The maximum Gasteiger partial charge on any atom is 0.260 e. The molecule has 2 rings (SSSR count). The second-order valence-corrected chi connectivity index (χ2v) is 4.71. The van der Waals surface area contributed by atoms with Gasteiger partial charge in [-0.05, 0) is 23.8 Å². The Balaban J connectivity index is 1.89. The first-order valence-electron chi connectivity index (χ1n) is 6.74. The lowest BCUT2D eigenvalue weighted by atomic mass is 10.2. The minimum Gasteiger partial charge on any atom is -0.483 e. The van der Waals surface area contributed by atoms with Crippen molar-refractivity contribution in [1.29, 1.82) is 0 Å². The molecule has 110 valence electrons. The van der Waals surface area contributed by atoms with Gasteiger partial charge >= 0.3 is 0 Å². The van der Waals surface area contributed by atoms with Gasteiger partial charge in [0.25, 0.3) is 5.91 Å². The topological polar surface area (TPSA) is 68.5 Å². The SMILES string of the molecule is CN(Cc1ccncc1)C(=O)COc1ccccc1CN. The summed E-state index contributed by atoms with van der Waals surface area (Å²) in [5.41, 5.74) is 7.56. The van der Waals surface area contributed by atoms with Crippen LogP contribution in [0, 0.1) is 0 Å². The van der Waals surface area contributed by atoms with Gasteiger partial charge in [-0.25, -0.2) is 0 Å². The Kier molecular flexibility index (Phi) is 5.29. The Morgan fingerprint density at radius 2 is 1.95 bits per heavy atom. The molecule has 0 saturated heterocycles. The zero-order chi connectivity index (χ0) is 15.1. The van der Waals surface area contributed by atoms with Gasteiger partial charge in [0, 0.05) is 38.1 Å². The fraction of sp³-hybridized carbons (Fsp3) is 0.250. The molecule has 0 aliphatic carbocycles. The molecule has 5 nitrogen and oxygen atoms in total. The number of nitrogens with two attached hydrogens (primary N) is 1. The number of nitrogens with zero attached hydrogens (tertiary/aromatic N) is 2. The molecule has 0 fully saturated rings. The smallest absolute Gasteiger partial charge is 0.260 e. The number of carbonyl (C=O) groups is 1. The van der Waals surface area contributed by atoms with E-state index in [0.717, 1.165) is 11.1 Å². The first-order valence-corrected chi connectivity index (χ1v) is 6.74.